The molecular weight excluding hydrogens is 607 g/mol. The smallest absolute Gasteiger partial charge is 0.483 e. The molecule has 3 aromatic carbocycles. The van der Waals surface area contributed by atoms with Gasteiger partial charge in [0.2, 0.25) is 0 Å². The van der Waals surface area contributed by atoms with Crippen LogP contribution in [0, 0.1) is 13.8 Å². The van der Waals surface area contributed by atoms with Crippen molar-refractivity contribution >= 4 is 12.6 Å². The van der Waals surface area contributed by atoms with Crippen LogP contribution in [0.5, 0.6) is 11.5 Å². The number of nitrogens with zero attached hydrogens (tertiary/aromatic N) is 2. The Bertz CT molecular complexity index is 2050. The Kier molecular flexibility index (Phi) is 7.98. The first-order chi connectivity index (χ1) is 24.3. The van der Waals surface area contributed by atoms with Crippen molar-refractivity contribution in [1.29, 1.82) is 0 Å². The Labute approximate surface area is 296 Å². The minimum absolute atomic E-state index is 0.174. The van der Waals surface area contributed by atoms with Gasteiger partial charge < -0.3 is 18.8 Å². The van der Waals surface area contributed by atoms with Crippen LogP contribution in [-0.2, 0) is 20.5 Å². The van der Waals surface area contributed by atoms with Gasteiger partial charge in [0, 0.05) is 44.8 Å². The normalized spacial score (nSPS) is 16.8. The molecule has 5 aromatic rings. The van der Waals surface area contributed by atoms with E-state index in [2.05, 4.69) is 18.0 Å². The maximum Gasteiger partial charge on any atom is 0.495 e. The van der Waals surface area contributed by atoms with Crippen molar-refractivity contribution in [3.63, 3.8) is 0 Å². The predicted octanol–water partition coefficient (Wildman–Crippen LogP) is 9.35. The molecule has 1 saturated heterocycles. The average Bonchev–Trinajstić information content (AvgIpc) is 3.30. The second kappa shape index (κ2) is 12.8. The van der Waals surface area contributed by atoms with Crippen LogP contribution in [0.15, 0.2) is 103 Å². The number of ether oxygens (including phenoxy) is 2. The fourth-order valence-electron chi connectivity index (χ4n) is 6.18. The number of rotatable bonds is 9. The molecule has 252 valence electrons. The van der Waals surface area contributed by atoms with Crippen molar-refractivity contribution in [3.8, 4) is 34.0 Å². The summed E-state index contributed by atoms with van der Waals surface area (Å²) in [5, 5.41) is 0. The van der Waals surface area contributed by atoms with Gasteiger partial charge >= 0.3 is 7.12 Å². The Balaban J connectivity index is 1.38. The maximum absolute atomic E-state index is 8.44. The van der Waals surface area contributed by atoms with E-state index in [4.69, 9.17) is 27.9 Å². The van der Waals surface area contributed by atoms with E-state index in [0.29, 0.717) is 28.2 Å². The molecule has 6 rings (SSSR count). The lowest BCUT2D eigenvalue weighted by Crippen LogP contribution is -2.41. The van der Waals surface area contributed by atoms with Crippen molar-refractivity contribution in [1.82, 2.24) is 9.97 Å². The molecule has 0 N–H and O–H groups in total. The molecule has 6 nitrogen and oxygen atoms in total. The van der Waals surface area contributed by atoms with E-state index in [-0.39, 0.29) is 5.56 Å². The van der Waals surface area contributed by atoms with Crippen molar-refractivity contribution in [2.75, 3.05) is 0 Å². The van der Waals surface area contributed by atoms with E-state index in [0.717, 1.165) is 27.9 Å². The van der Waals surface area contributed by atoms with Gasteiger partial charge in [-0.25, -0.2) is 0 Å². The van der Waals surface area contributed by atoms with Crippen molar-refractivity contribution in [3.05, 3.63) is 126 Å². The fraction of sp³-hybridized carbons (Fsp3) is 0.333. The quantitative estimate of drug-likeness (QED) is 0.147. The van der Waals surface area contributed by atoms with Gasteiger partial charge in [0.15, 0.2) is 0 Å². The predicted molar refractivity (Wildman–Crippen MR) is 198 cm³/mol. The topological polar surface area (TPSA) is 62.7 Å². The highest BCUT2D eigenvalue weighted by atomic mass is 16.7. The lowest BCUT2D eigenvalue weighted by molar-refractivity contribution is 0.00578. The number of aromatic nitrogens is 2. The fourth-order valence-corrected chi connectivity index (χ4v) is 6.18. The standard InChI is InChI=1S/C42H47BN2O4/c1-28-21-37(30-17-13-11-14-18-30)44-26-35(28)39(3,4)46-33-23-32(43-48-41(7,8)42(9,10)49-43)24-34(25-33)47-40(5,6)36-27-45-38(22-29(36)2)31-19-15-12-16-20-31/h11-27H,1-10H3/i1D3. The van der Waals surface area contributed by atoms with E-state index >= 15 is 0 Å². The molecule has 0 aliphatic carbocycles. The molecule has 1 aliphatic rings. The molecule has 0 atom stereocenters. The van der Waals surface area contributed by atoms with Crippen LogP contribution in [-0.4, -0.2) is 28.3 Å². The average molecular weight is 658 g/mol. The molecule has 7 heteroatoms. The number of benzene rings is 3. The van der Waals surface area contributed by atoms with Gasteiger partial charge in [-0.15, -0.1) is 0 Å². The second-order valence-electron chi connectivity index (χ2n) is 14.8. The number of hydrogen-bond donors (Lipinski definition) is 0. The first kappa shape index (κ1) is 30.6. The minimum atomic E-state index is -2.41. The maximum atomic E-state index is 8.44. The van der Waals surface area contributed by atoms with Gasteiger partial charge in [-0.05, 0) is 110 Å². The SMILES string of the molecule is [2H]C([2H])([2H])c1cc(-c2ccccc2)ncc1C(C)(C)Oc1cc(OC(C)(C)c2cnc(-c3ccccc3)cc2C)cc(B2OC(C)(C)C(C)(C)O2)c1. The van der Waals surface area contributed by atoms with Crippen LogP contribution < -0.4 is 14.9 Å². The van der Waals surface area contributed by atoms with Gasteiger partial charge in [-0.1, -0.05) is 60.7 Å². The lowest BCUT2D eigenvalue weighted by atomic mass is 9.79. The summed E-state index contributed by atoms with van der Waals surface area (Å²) in [5.74, 6) is 0.990. The summed E-state index contributed by atoms with van der Waals surface area (Å²) in [6, 6.07) is 28.9. The molecule has 3 heterocycles. The van der Waals surface area contributed by atoms with Crippen LogP contribution >= 0.6 is 0 Å². The summed E-state index contributed by atoms with van der Waals surface area (Å²) in [4.78, 5) is 9.46. The minimum Gasteiger partial charge on any atom is -0.483 e. The molecule has 1 aliphatic heterocycles. The molecular formula is C42H47BN2O4. The zero-order chi connectivity index (χ0) is 37.7. The Hall–Kier alpha value is -4.46. The summed E-state index contributed by atoms with van der Waals surface area (Å²) in [6.07, 6.45) is 3.48. The highest BCUT2D eigenvalue weighted by Crippen LogP contribution is 2.39. The molecule has 0 radical (unpaired) electrons. The van der Waals surface area contributed by atoms with Gasteiger partial charge in [0.05, 0.1) is 22.6 Å². The zero-order valence-electron chi connectivity index (χ0n) is 32.9. The van der Waals surface area contributed by atoms with E-state index in [1.54, 1.807) is 12.3 Å². The summed E-state index contributed by atoms with van der Waals surface area (Å²) < 4.78 is 51.7. The van der Waals surface area contributed by atoms with Crippen molar-refractivity contribution in [2.45, 2.75) is 91.6 Å². The van der Waals surface area contributed by atoms with Gasteiger partial charge in [0.25, 0.3) is 0 Å². The van der Waals surface area contributed by atoms with Crippen LogP contribution in [0.2, 0.25) is 0 Å². The van der Waals surface area contributed by atoms with Crippen LogP contribution in [0.1, 0.15) is 81.8 Å². The van der Waals surface area contributed by atoms with Crippen molar-refractivity contribution < 1.29 is 22.9 Å². The monoisotopic (exact) mass is 657 g/mol. The Morgan fingerprint density at radius 1 is 0.633 bits per heavy atom. The Morgan fingerprint density at radius 3 is 1.51 bits per heavy atom. The summed E-state index contributed by atoms with van der Waals surface area (Å²) in [7, 11) is -0.694. The number of pyridine rings is 2. The van der Waals surface area contributed by atoms with E-state index in [9.17, 15) is 0 Å². The lowest BCUT2D eigenvalue weighted by Gasteiger charge is -2.32. The number of hydrogen-bond acceptors (Lipinski definition) is 6. The van der Waals surface area contributed by atoms with E-state index in [1.165, 1.54) is 0 Å². The highest BCUT2D eigenvalue weighted by Gasteiger charge is 2.52. The summed E-state index contributed by atoms with van der Waals surface area (Å²) >= 11 is 0. The highest BCUT2D eigenvalue weighted by molar-refractivity contribution is 6.62. The molecule has 0 bridgehead atoms. The molecule has 0 saturated carbocycles. The Morgan fingerprint density at radius 2 is 1.06 bits per heavy atom. The van der Waals surface area contributed by atoms with Gasteiger partial charge in [-0.3, -0.25) is 9.97 Å². The number of aryl methyl sites for hydroxylation is 2. The zero-order valence-corrected chi connectivity index (χ0v) is 29.9. The van der Waals surface area contributed by atoms with Gasteiger partial charge in [0.1, 0.15) is 22.7 Å². The van der Waals surface area contributed by atoms with Crippen LogP contribution in [0.25, 0.3) is 22.5 Å². The van der Waals surface area contributed by atoms with Gasteiger partial charge in [-0.2, -0.15) is 0 Å². The third kappa shape index (κ3) is 7.15. The summed E-state index contributed by atoms with van der Waals surface area (Å²) in [5.41, 5.74) is 3.61. The first-order valence-corrected chi connectivity index (χ1v) is 16.7. The van der Waals surface area contributed by atoms with Crippen LogP contribution in [0.3, 0.4) is 0 Å². The van der Waals surface area contributed by atoms with Crippen LogP contribution in [0.4, 0.5) is 0 Å². The second-order valence-corrected chi connectivity index (χ2v) is 14.8. The molecule has 0 spiro atoms. The van der Waals surface area contributed by atoms with E-state index < -0.39 is 36.4 Å². The molecule has 0 amide bonds. The largest absolute Gasteiger partial charge is 0.495 e. The van der Waals surface area contributed by atoms with E-state index in [1.807, 2.05) is 140 Å². The molecule has 2 aromatic heterocycles. The summed E-state index contributed by atoms with van der Waals surface area (Å²) in [6.45, 7) is 15.4. The molecule has 49 heavy (non-hydrogen) atoms. The first-order valence-electron chi connectivity index (χ1n) is 18.2. The third-order valence-corrected chi connectivity index (χ3v) is 9.62. The molecule has 0 unspecified atom stereocenters. The van der Waals surface area contributed by atoms with Crippen molar-refractivity contribution in [2.24, 2.45) is 0 Å². The third-order valence-electron chi connectivity index (χ3n) is 9.62. The molecule has 1 fully saturated rings.